The average molecular weight is 370 g/mol. The maximum Gasteiger partial charge on any atom is 0.407 e. The van der Waals surface area contributed by atoms with E-state index < -0.39 is 0 Å². The Morgan fingerprint density at radius 3 is 2.88 bits per heavy atom. The zero-order valence-corrected chi connectivity index (χ0v) is 14.9. The van der Waals surface area contributed by atoms with Crippen LogP contribution in [-0.4, -0.2) is 47.7 Å². The number of rotatable bonds is 5. The molecule has 1 aromatic heterocycles. The number of carbonyl (C=O) groups is 1. The van der Waals surface area contributed by atoms with Gasteiger partial charge in [0, 0.05) is 25.6 Å². The lowest BCUT2D eigenvalue weighted by molar-refractivity contribution is 0.105. The van der Waals surface area contributed by atoms with Gasteiger partial charge < -0.3 is 20.7 Å². The van der Waals surface area contributed by atoms with Crippen molar-refractivity contribution in [1.82, 2.24) is 15.1 Å². The molecular weight excluding hydrogens is 346 g/mol. The first-order chi connectivity index (χ1) is 12.1. The van der Waals surface area contributed by atoms with E-state index in [0.29, 0.717) is 38.3 Å². The quantitative estimate of drug-likeness (QED) is 0.805. The number of hydrogen-bond donors (Lipinski definition) is 2. The molecule has 0 aromatic carbocycles. The summed E-state index contributed by atoms with van der Waals surface area (Å²) in [5.41, 5.74) is 5.67. The third-order valence-corrected chi connectivity index (χ3v) is 5.10. The number of hydrogen-bond acceptors (Lipinski definition) is 6. The van der Waals surface area contributed by atoms with Crippen LogP contribution in [0, 0.1) is 0 Å². The standard InChI is InChI=1S/C16H24ClN5O3/c17-14-13(9-19-22(8-6-18)15(14)23)21-7-5-12(10-21)25-16(24)20-11-3-1-2-4-11/h9,11-12H,1-8,10,18H2,(H,20,24)/t12-/m1/s1. The molecule has 9 heteroatoms. The van der Waals surface area contributed by atoms with Crippen molar-refractivity contribution >= 4 is 23.4 Å². The molecule has 25 heavy (non-hydrogen) atoms. The molecule has 2 aliphatic rings. The molecular formula is C16H24ClN5O3. The molecule has 0 unspecified atom stereocenters. The van der Waals surface area contributed by atoms with Crippen molar-refractivity contribution in [1.29, 1.82) is 0 Å². The molecule has 0 radical (unpaired) electrons. The van der Waals surface area contributed by atoms with Crippen molar-refractivity contribution in [3.8, 4) is 0 Å². The van der Waals surface area contributed by atoms with Crippen molar-refractivity contribution in [2.75, 3.05) is 24.5 Å². The number of anilines is 1. The number of nitrogens with zero attached hydrogens (tertiary/aromatic N) is 3. The minimum atomic E-state index is -0.360. The minimum Gasteiger partial charge on any atom is -0.444 e. The maximum atomic E-state index is 12.2. The second-order valence-corrected chi connectivity index (χ2v) is 6.93. The number of nitrogens with two attached hydrogens (primary N) is 1. The van der Waals surface area contributed by atoms with Gasteiger partial charge in [0.25, 0.3) is 5.56 Å². The van der Waals surface area contributed by atoms with Gasteiger partial charge in [-0.1, -0.05) is 24.4 Å². The zero-order valence-electron chi connectivity index (χ0n) is 14.1. The topological polar surface area (TPSA) is 102 Å². The summed E-state index contributed by atoms with van der Waals surface area (Å²) in [7, 11) is 0. The second-order valence-electron chi connectivity index (χ2n) is 6.55. The van der Waals surface area contributed by atoms with Crippen LogP contribution in [0.3, 0.4) is 0 Å². The summed E-state index contributed by atoms with van der Waals surface area (Å²) >= 11 is 6.21. The predicted molar refractivity (Wildman–Crippen MR) is 95.1 cm³/mol. The molecule has 1 aliphatic heterocycles. The Labute approximate surface area is 151 Å². The first-order valence-corrected chi connectivity index (χ1v) is 9.14. The molecule has 1 aromatic rings. The molecule has 138 valence electrons. The summed E-state index contributed by atoms with van der Waals surface area (Å²) < 4.78 is 6.76. The van der Waals surface area contributed by atoms with Crippen molar-refractivity contribution < 1.29 is 9.53 Å². The molecule has 0 spiro atoms. The van der Waals surface area contributed by atoms with Crippen LogP contribution in [0.25, 0.3) is 0 Å². The van der Waals surface area contributed by atoms with Crippen LogP contribution in [0.1, 0.15) is 32.1 Å². The molecule has 3 rings (SSSR count). The van der Waals surface area contributed by atoms with Gasteiger partial charge in [0.1, 0.15) is 11.1 Å². The molecule has 2 heterocycles. The SMILES string of the molecule is NCCn1ncc(N2CC[C@@H](OC(=O)NC3CCCC3)C2)c(Cl)c1=O. The molecule has 2 fully saturated rings. The van der Waals surface area contributed by atoms with E-state index in [4.69, 9.17) is 22.1 Å². The van der Waals surface area contributed by atoms with Crippen molar-refractivity contribution in [3.63, 3.8) is 0 Å². The molecule has 1 saturated carbocycles. The molecule has 3 N–H and O–H groups in total. The summed E-state index contributed by atoms with van der Waals surface area (Å²) in [6.07, 6.45) is 6.04. The number of aromatic nitrogens is 2. The van der Waals surface area contributed by atoms with Crippen molar-refractivity contribution in [3.05, 3.63) is 21.6 Å². The van der Waals surface area contributed by atoms with Gasteiger partial charge in [-0.15, -0.1) is 0 Å². The number of nitrogens with one attached hydrogen (secondary N) is 1. The summed E-state index contributed by atoms with van der Waals surface area (Å²) in [4.78, 5) is 26.1. The first-order valence-electron chi connectivity index (χ1n) is 8.76. The predicted octanol–water partition coefficient (Wildman–Crippen LogP) is 1.10. The molecule has 1 atom stereocenters. The Morgan fingerprint density at radius 2 is 2.16 bits per heavy atom. The number of amides is 1. The second kappa shape index (κ2) is 8.05. The molecule has 1 aliphatic carbocycles. The Bertz CT molecular complexity index is 674. The van der Waals surface area contributed by atoms with E-state index in [0.717, 1.165) is 25.7 Å². The third-order valence-electron chi connectivity index (χ3n) is 4.74. The van der Waals surface area contributed by atoms with E-state index in [2.05, 4.69) is 10.4 Å². The monoisotopic (exact) mass is 369 g/mol. The van der Waals surface area contributed by atoms with Crippen LogP contribution < -0.4 is 21.5 Å². The first kappa shape index (κ1) is 18.0. The summed E-state index contributed by atoms with van der Waals surface area (Å²) in [5.74, 6) is 0. The van der Waals surface area contributed by atoms with Gasteiger partial charge in [-0.05, 0) is 12.8 Å². The highest BCUT2D eigenvalue weighted by molar-refractivity contribution is 6.33. The Morgan fingerprint density at radius 1 is 1.40 bits per heavy atom. The Balaban J connectivity index is 1.58. The van der Waals surface area contributed by atoms with E-state index in [1.165, 1.54) is 4.68 Å². The third kappa shape index (κ3) is 4.24. The maximum absolute atomic E-state index is 12.2. The van der Waals surface area contributed by atoms with Crippen LogP contribution in [0.5, 0.6) is 0 Å². The lowest BCUT2D eigenvalue weighted by Crippen LogP contribution is -2.36. The van der Waals surface area contributed by atoms with Crippen molar-refractivity contribution in [2.45, 2.75) is 50.8 Å². The zero-order chi connectivity index (χ0) is 17.8. The van der Waals surface area contributed by atoms with Gasteiger partial charge in [0.2, 0.25) is 0 Å². The van der Waals surface area contributed by atoms with Crippen LogP contribution in [0.15, 0.2) is 11.0 Å². The van der Waals surface area contributed by atoms with Crippen molar-refractivity contribution in [2.24, 2.45) is 5.73 Å². The largest absolute Gasteiger partial charge is 0.444 e. The van der Waals surface area contributed by atoms with E-state index in [9.17, 15) is 9.59 Å². The van der Waals surface area contributed by atoms with E-state index in [1.54, 1.807) is 6.20 Å². The normalized spacial score (nSPS) is 20.9. The fourth-order valence-corrected chi connectivity index (χ4v) is 3.69. The molecule has 8 nitrogen and oxygen atoms in total. The van der Waals surface area contributed by atoms with E-state index >= 15 is 0 Å². The highest BCUT2D eigenvalue weighted by Crippen LogP contribution is 2.26. The minimum absolute atomic E-state index is 0.125. The van der Waals surface area contributed by atoms with Gasteiger partial charge in [0.05, 0.1) is 25.0 Å². The Kier molecular flexibility index (Phi) is 5.80. The van der Waals surface area contributed by atoms with Gasteiger partial charge >= 0.3 is 6.09 Å². The number of carbonyl (C=O) groups excluding carboxylic acids is 1. The fraction of sp³-hybridized carbons (Fsp3) is 0.688. The Hall–Kier alpha value is -1.80. The van der Waals surface area contributed by atoms with Gasteiger partial charge in [-0.25, -0.2) is 9.48 Å². The lowest BCUT2D eigenvalue weighted by atomic mass is 10.3. The van der Waals surface area contributed by atoms with Crippen LogP contribution >= 0.6 is 11.6 Å². The van der Waals surface area contributed by atoms with E-state index in [1.807, 2.05) is 4.90 Å². The summed E-state index contributed by atoms with van der Waals surface area (Å²) in [6, 6.07) is 0.235. The van der Waals surface area contributed by atoms with Crippen LogP contribution in [-0.2, 0) is 11.3 Å². The molecule has 1 saturated heterocycles. The summed E-state index contributed by atoms with van der Waals surface area (Å²) in [5, 5.41) is 7.15. The van der Waals surface area contributed by atoms with E-state index in [-0.39, 0.29) is 28.8 Å². The average Bonchev–Trinajstić information content (AvgIpc) is 3.24. The van der Waals surface area contributed by atoms with Gasteiger partial charge in [0.15, 0.2) is 0 Å². The molecule has 1 amide bonds. The van der Waals surface area contributed by atoms with Gasteiger partial charge in [-0.3, -0.25) is 4.79 Å². The smallest absolute Gasteiger partial charge is 0.407 e. The van der Waals surface area contributed by atoms with Crippen LogP contribution in [0.2, 0.25) is 5.02 Å². The number of alkyl carbamates (subject to hydrolysis) is 1. The highest BCUT2D eigenvalue weighted by atomic mass is 35.5. The fourth-order valence-electron chi connectivity index (χ4n) is 3.42. The number of ether oxygens (including phenoxy) is 1. The highest BCUT2D eigenvalue weighted by Gasteiger charge is 2.29. The molecule has 0 bridgehead atoms. The number of halogens is 1. The lowest BCUT2D eigenvalue weighted by Gasteiger charge is -2.20. The van der Waals surface area contributed by atoms with Gasteiger partial charge in [-0.2, -0.15) is 5.10 Å². The summed E-state index contributed by atoms with van der Waals surface area (Å²) in [6.45, 7) is 1.80. The van der Waals surface area contributed by atoms with Crippen LogP contribution in [0.4, 0.5) is 10.5 Å².